The smallest absolute Gasteiger partial charge is 0.336 e. The lowest BCUT2D eigenvalue weighted by Gasteiger charge is -2.23. The highest BCUT2D eigenvalue weighted by Gasteiger charge is 2.22. The van der Waals surface area contributed by atoms with E-state index in [1.807, 2.05) is 25.1 Å². The Morgan fingerprint density at radius 1 is 1.25 bits per heavy atom. The van der Waals surface area contributed by atoms with E-state index in [-0.39, 0.29) is 5.63 Å². The van der Waals surface area contributed by atoms with E-state index in [1.165, 1.54) is 18.9 Å². The summed E-state index contributed by atoms with van der Waals surface area (Å²) in [4.78, 5) is 23.5. The van der Waals surface area contributed by atoms with Gasteiger partial charge in [-0.1, -0.05) is 13.3 Å². The third-order valence-electron chi connectivity index (χ3n) is 5.33. The average molecular weight is 378 g/mol. The molecule has 28 heavy (non-hydrogen) atoms. The van der Waals surface area contributed by atoms with Crippen molar-refractivity contribution in [3.8, 4) is 0 Å². The molecule has 0 spiro atoms. The van der Waals surface area contributed by atoms with E-state index in [0.717, 1.165) is 47.5 Å². The molecule has 0 bridgehead atoms. The fourth-order valence-electron chi connectivity index (χ4n) is 3.88. The summed E-state index contributed by atoms with van der Waals surface area (Å²) in [5.41, 5.74) is 2.97. The number of anilines is 3. The lowest BCUT2D eigenvalue weighted by atomic mass is 10.1. The number of hydrogen-bond donors (Lipinski definition) is 1. The van der Waals surface area contributed by atoms with Crippen LogP contribution in [0.3, 0.4) is 0 Å². The van der Waals surface area contributed by atoms with Gasteiger partial charge in [0.2, 0.25) is 5.95 Å². The van der Waals surface area contributed by atoms with E-state index in [2.05, 4.69) is 35.1 Å². The van der Waals surface area contributed by atoms with Gasteiger partial charge in [-0.3, -0.25) is 0 Å². The van der Waals surface area contributed by atoms with Crippen LogP contribution in [0.4, 0.5) is 17.5 Å². The summed E-state index contributed by atoms with van der Waals surface area (Å²) in [6.07, 6.45) is 4.34. The summed E-state index contributed by atoms with van der Waals surface area (Å²) in [5, 5.41) is 4.23. The summed E-state index contributed by atoms with van der Waals surface area (Å²) in [5.74, 6) is 1.56. The molecule has 1 aliphatic rings. The van der Waals surface area contributed by atoms with Crippen LogP contribution in [0.15, 0.2) is 39.5 Å². The van der Waals surface area contributed by atoms with Crippen LogP contribution in [0, 0.1) is 6.92 Å². The molecule has 1 aliphatic heterocycles. The predicted octanol–water partition coefficient (Wildman–Crippen LogP) is 4.58. The molecule has 1 atom stereocenters. The minimum Gasteiger partial charge on any atom is -0.423 e. The van der Waals surface area contributed by atoms with Crippen LogP contribution in [0.5, 0.6) is 0 Å². The molecule has 1 fully saturated rings. The number of nitrogens with zero attached hydrogens (tertiary/aromatic N) is 3. The Labute approximate surface area is 164 Å². The molecule has 0 amide bonds. The average Bonchev–Trinajstić information content (AvgIpc) is 3.07. The van der Waals surface area contributed by atoms with Crippen LogP contribution < -0.4 is 15.8 Å². The molecule has 4 rings (SSSR count). The van der Waals surface area contributed by atoms with E-state index >= 15 is 0 Å². The van der Waals surface area contributed by atoms with Crippen molar-refractivity contribution in [2.45, 2.75) is 52.5 Å². The van der Waals surface area contributed by atoms with Gasteiger partial charge in [0.25, 0.3) is 0 Å². The molecule has 1 unspecified atom stereocenters. The minimum atomic E-state index is -0.339. The number of fused-ring (bicyclic) bond motifs is 1. The van der Waals surface area contributed by atoms with Crippen molar-refractivity contribution >= 4 is 28.4 Å². The molecule has 146 valence electrons. The van der Waals surface area contributed by atoms with Gasteiger partial charge in [-0.05, 0) is 50.8 Å². The molecular formula is C22H26N4O2. The molecule has 6 nitrogen and oxygen atoms in total. The second-order valence-electron chi connectivity index (χ2n) is 7.56. The topological polar surface area (TPSA) is 71.3 Å². The summed E-state index contributed by atoms with van der Waals surface area (Å²) in [6, 6.07) is 9.86. The fourth-order valence-corrected chi connectivity index (χ4v) is 3.88. The molecule has 0 saturated carbocycles. The molecule has 3 heterocycles. The van der Waals surface area contributed by atoms with Gasteiger partial charge in [-0.2, -0.15) is 4.98 Å². The number of benzene rings is 1. The van der Waals surface area contributed by atoms with Crippen molar-refractivity contribution in [3.63, 3.8) is 0 Å². The van der Waals surface area contributed by atoms with Crippen molar-refractivity contribution in [1.82, 2.24) is 9.97 Å². The van der Waals surface area contributed by atoms with E-state index in [0.29, 0.717) is 17.6 Å². The SMILES string of the molecule is CCCc1cc(N2CCCC2C)nc(Nc2ccc3c(C)cc(=O)oc3c2)n1. The lowest BCUT2D eigenvalue weighted by Crippen LogP contribution is -2.27. The van der Waals surface area contributed by atoms with Gasteiger partial charge < -0.3 is 14.6 Å². The quantitative estimate of drug-likeness (QED) is 0.656. The van der Waals surface area contributed by atoms with Crippen LogP contribution >= 0.6 is 0 Å². The molecule has 6 heteroatoms. The zero-order valence-electron chi connectivity index (χ0n) is 16.7. The zero-order chi connectivity index (χ0) is 19.7. The van der Waals surface area contributed by atoms with Gasteiger partial charge in [0.1, 0.15) is 11.4 Å². The molecule has 3 aromatic rings. The van der Waals surface area contributed by atoms with E-state index < -0.39 is 0 Å². The van der Waals surface area contributed by atoms with Gasteiger partial charge in [-0.15, -0.1) is 0 Å². The first-order valence-corrected chi connectivity index (χ1v) is 9.99. The maximum Gasteiger partial charge on any atom is 0.336 e. The normalized spacial score (nSPS) is 16.7. The standard InChI is InChI=1S/C22H26N4O2/c1-4-6-16-13-20(26-10-5-7-15(26)3)25-22(23-16)24-17-8-9-18-14(2)11-21(27)28-19(18)12-17/h8-9,11-13,15H,4-7,10H2,1-3H3,(H,23,24,25). The number of nitrogens with one attached hydrogen (secondary N) is 1. The van der Waals surface area contributed by atoms with Crippen molar-refractivity contribution in [2.75, 3.05) is 16.8 Å². The van der Waals surface area contributed by atoms with E-state index in [1.54, 1.807) is 0 Å². The largest absolute Gasteiger partial charge is 0.423 e. The van der Waals surface area contributed by atoms with Gasteiger partial charge in [0.15, 0.2) is 0 Å². The van der Waals surface area contributed by atoms with E-state index in [9.17, 15) is 4.79 Å². The van der Waals surface area contributed by atoms with Gasteiger partial charge in [-0.25, -0.2) is 9.78 Å². The first kappa shape index (κ1) is 18.5. The fraction of sp³-hybridized carbons (Fsp3) is 0.409. The highest BCUT2D eigenvalue weighted by Crippen LogP contribution is 2.27. The maximum atomic E-state index is 11.7. The number of aryl methyl sites for hydroxylation is 2. The van der Waals surface area contributed by atoms with Crippen LogP contribution in [0.1, 0.15) is 44.4 Å². The number of hydrogen-bond acceptors (Lipinski definition) is 6. The monoisotopic (exact) mass is 378 g/mol. The first-order chi connectivity index (χ1) is 13.5. The van der Waals surface area contributed by atoms with Crippen LogP contribution in [0.25, 0.3) is 11.0 Å². The van der Waals surface area contributed by atoms with Gasteiger partial charge >= 0.3 is 5.63 Å². The second kappa shape index (κ2) is 7.62. The molecule has 0 aliphatic carbocycles. The molecule has 1 aromatic carbocycles. The Bertz CT molecular complexity index is 1060. The predicted molar refractivity (Wildman–Crippen MR) is 113 cm³/mol. The number of rotatable bonds is 5. The molecular weight excluding hydrogens is 352 g/mol. The Kier molecular flexibility index (Phi) is 5.03. The van der Waals surface area contributed by atoms with Crippen LogP contribution in [-0.2, 0) is 6.42 Å². The minimum absolute atomic E-state index is 0.339. The summed E-state index contributed by atoms with van der Waals surface area (Å²) in [6.45, 7) is 7.34. The van der Waals surface area contributed by atoms with Crippen LogP contribution in [-0.4, -0.2) is 22.6 Å². The molecule has 0 radical (unpaired) electrons. The van der Waals surface area contributed by atoms with Crippen molar-refractivity contribution < 1.29 is 4.42 Å². The Balaban J connectivity index is 1.69. The summed E-state index contributed by atoms with van der Waals surface area (Å²) < 4.78 is 5.36. The van der Waals surface area contributed by atoms with Gasteiger partial charge in [0.05, 0.1) is 0 Å². The lowest BCUT2D eigenvalue weighted by molar-refractivity contribution is 0.560. The summed E-state index contributed by atoms with van der Waals surface area (Å²) in [7, 11) is 0. The van der Waals surface area contributed by atoms with Gasteiger partial charge in [0, 0.05) is 47.6 Å². The third-order valence-corrected chi connectivity index (χ3v) is 5.33. The Morgan fingerprint density at radius 2 is 2.11 bits per heavy atom. The third kappa shape index (κ3) is 3.72. The van der Waals surface area contributed by atoms with Crippen molar-refractivity contribution in [3.05, 3.63) is 52.0 Å². The summed E-state index contributed by atoms with van der Waals surface area (Å²) >= 11 is 0. The molecule has 1 N–H and O–H groups in total. The molecule has 1 saturated heterocycles. The number of aromatic nitrogens is 2. The van der Waals surface area contributed by atoms with E-state index in [4.69, 9.17) is 9.40 Å². The highest BCUT2D eigenvalue weighted by molar-refractivity contribution is 5.83. The maximum absolute atomic E-state index is 11.7. The molecule has 2 aromatic heterocycles. The van der Waals surface area contributed by atoms with Crippen molar-refractivity contribution in [1.29, 1.82) is 0 Å². The van der Waals surface area contributed by atoms with Crippen molar-refractivity contribution in [2.24, 2.45) is 0 Å². The zero-order valence-corrected chi connectivity index (χ0v) is 16.7. The highest BCUT2D eigenvalue weighted by atomic mass is 16.4. The Hall–Kier alpha value is -2.89. The first-order valence-electron chi connectivity index (χ1n) is 9.99. The second-order valence-corrected chi connectivity index (χ2v) is 7.56. The van der Waals surface area contributed by atoms with Crippen LogP contribution in [0.2, 0.25) is 0 Å². The Morgan fingerprint density at radius 3 is 2.86 bits per heavy atom.